The van der Waals surface area contributed by atoms with Crippen LogP contribution in [0.4, 0.5) is 0 Å². The zero-order valence-corrected chi connectivity index (χ0v) is 15.6. The average molecular weight is 376 g/mol. The fraction of sp³-hybridized carbons (Fsp3) is 0.0909. The lowest BCUT2D eigenvalue weighted by Crippen LogP contribution is -2.10. The van der Waals surface area contributed by atoms with Crippen molar-refractivity contribution in [3.63, 3.8) is 0 Å². The molecule has 0 N–H and O–H groups in total. The first kappa shape index (κ1) is 17.2. The van der Waals surface area contributed by atoms with Crippen molar-refractivity contribution in [2.45, 2.75) is 13.8 Å². The van der Waals surface area contributed by atoms with Gasteiger partial charge in [-0.15, -0.1) is 0 Å². The normalized spacial score (nSPS) is 10.9. The van der Waals surface area contributed by atoms with Crippen molar-refractivity contribution in [1.82, 2.24) is 0 Å². The number of esters is 1. The molecule has 0 atom stereocenters. The van der Waals surface area contributed by atoms with E-state index in [1.54, 1.807) is 24.3 Å². The van der Waals surface area contributed by atoms with E-state index < -0.39 is 5.97 Å². The third-order valence-electron chi connectivity index (χ3n) is 4.31. The molecule has 0 unspecified atom stereocenters. The van der Waals surface area contributed by atoms with E-state index in [1.807, 2.05) is 50.2 Å². The van der Waals surface area contributed by atoms with Gasteiger partial charge in [-0.05, 0) is 37.1 Å². The maximum absolute atomic E-state index is 12.6. The minimum Gasteiger partial charge on any atom is -0.423 e. The average Bonchev–Trinajstić information content (AvgIpc) is 3.01. The van der Waals surface area contributed by atoms with Crippen molar-refractivity contribution in [3.05, 3.63) is 87.1 Å². The molecular formula is C22H16O4S. The van der Waals surface area contributed by atoms with Gasteiger partial charge in [-0.25, -0.2) is 9.59 Å². The van der Waals surface area contributed by atoms with E-state index in [4.69, 9.17) is 9.15 Å². The molecule has 0 saturated heterocycles. The first-order valence-corrected chi connectivity index (χ1v) is 9.25. The summed E-state index contributed by atoms with van der Waals surface area (Å²) in [5, 5.41) is 0. The first-order chi connectivity index (χ1) is 13.0. The second-order valence-corrected chi connectivity index (χ2v) is 7.30. The number of benzene rings is 3. The van der Waals surface area contributed by atoms with Crippen LogP contribution in [0.25, 0.3) is 21.4 Å². The minimum atomic E-state index is -0.432. The Morgan fingerprint density at radius 3 is 2.59 bits per heavy atom. The lowest BCUT2D eigenvalue weighted by Gasteiger charge is -2.09. The van der Waals surface area contributed by atoms with Gasteiger partial charge in [-0.2, -0.15) is 0 Å². The van der Waals surface area contributed by atoms with Gasteiger partial charge < -0.3 is 9.15 Å². The van der Waals surface area contributed by atoms with Crippen LogP contribution >= 0.6 is 11.3 Å². The van der Waals surface area contributed by atoms with Gasteiger partial charge in [-0.3, -0.25) is 0 Å². The fourth-order valence-corrected chi connectivity index (χ4v) is 3.73. The van der Waals surface area contributed by atoms with E-state index in [9.17, 15) is 9.59 Å². The van der Waals surface area contributed by atoms with Gasteiger partial charge in [0.2, 0.25) is 0 Å². The number of carbonyl (C=O) groups is 1. The Kier molecular flexibility index (Phi) is 4.38. The number of carbonyl (C=O) groups excluding carboxylic acids is 1. The molecule has 1 aromatic heterocycles. The summed E-state index contributed by atoms with van der Waals surface area (Å²) in [4.78, 5) is 24.0. The monoisotopic (exact) mass is 376 g/mol. The van der Waals surface area contributed by atoms with Crippen LogP contribution in [-0.2, 0) is 0 Å². The summed E-state index contributed by atoms with van der Waals surface area (Å²) in [6.45, 7) is 3.85. The van der Waals surface area contributed by atoms with Crippen LogP contribution < -0.4 is 9.68 Å². The zero-order valence-electron chi connectivity index (χ0n) is 14.8. The summed E-state index contributed by atoms with van der Waals surface area (Å²) >= 11 is 0.992. The number of fused-ring (bicyclic) bond motifs is 1. The molecule has 0 spiro atoms. The largest absolute Gasteiger partial charge is 0.423 e. The van der Waals surface area contributed by atoms with Crippen LogP contribution in [0.2, 0.25) is 0 Å². The maximum atomic E-state index is 12.6. The molecule has 4 rings (SSSR count). The van der Waals surface area contributed by atoms with E-state index in [1.165, 1.54) is 0 Å². The van der Waals surface area contributed by atoms with Crippen LogP contribution in [0, 0.1) is 13.8 Å². The molecule has 0 amide bonds. The van der Waals surface area contributed by atoms with Crippen LogP contribution in [0.3, 0.4) is 0 Å². The van der Waals surface area contributed by atoms with E-state index in [-0.39, 0.29) is 4.94 Å². The lowest BCUT2D eigenvalue weighted by atomic mass is 10.0. The summed E-state index contributed by atoms with van der Waals surface area (Å²) in [6.07, 6.45) is 0. The number of aryl methyl sites for hydroxylation is 2. The summed E-state index contributed by atoms with van der Waals surface area (Å²) in [5.41, 5.74) is 4.56. The highest BCUT2D eigenvalue weighted by molar-refractivity contribution is 7.16. The first-order valence-electron chi connectivity index (χ1n) is 8.44. The lowest BCUT2D eigenvalue weighted by molar-refractivity contribution is 0.0734. The molecule has 4 aromatic rings. The maximum Gasteiger partial charge on any atom is 0.396 e. The van der Waals surface area contributed by atoms with Crippen LogP contribution in [0.5, 0.6) is 5.75 Å². The Morgan fingerprint density at radius 2 is 1.81 bits per heavy atom. The van der Waals surface area contributed by atoms with Gasteiger partial charge in [0.05, 0.1) is 10.3 Å². The number of ether oxygens (including phenoxy) is 1. The van der Waals surface area contributed by atoms with Crippen molar-refractivity contribution in [2.24, 2.45) is 0 Å². The topological polar surface area (TPSA) is 56.5 Å². The molecular weight excluding hydrogens is 360 g/mol. The highest BCUT2D eigenvalue weighted by Gasteiger charge is 2.16. The molecule has 5 heteroatoms. The zero-order chi connectivity index (χ0) is 19.0. The number of hydrogen-bond acceptors (Lipinski definition) is 5. The molecule has 27 heavy (non-hydrogen) atoms. The highest BCUT2D eigenvalue weighted by atomic mass is 32.1. The number of rotatable bonds is 3. The van der Waals surface area contributed by atoms with Crippen LogP contribution in [0.15, 0.2) is 69.9 Å². The second kappa shape index (κ2) is 6.85. The summed E-state index contributed by atoms with van der Waals surface area (Å²) in [7, 11) is 0. The molecule has 1 heterocycles. The van der Waals surface area contributed by atoms with Crippen molar-refractivity contribution >= 4 is 27.6 Å². The van der Waals surface area contributed by atoms with Gasteiger partial charge >= 0.3 is 10.9 Å². The Bertz CT molecular complexity index is 1220. The standard InChI is InChI=1S/C22H16O4S/c1-13-6-5-8-15(10-13)18-11-16(12-19-20(18)26-22(24)27-19)25-21(23)17-9-4-3-7-14(17)2/h3-12H,1-2H3. The van der Waals surface area contributed by atoms with Crippen LogP contribution in [0.1, 0.15) is 21.5 Å². The van der Waals surface area contributed by atoms with Gasteiger partial charge in [-0.1, -0.05) is 59.4 Å². The quantitative estimate of drug-likeness (QED) is 0.357. The fourth-order valence-electron chi connectivity index (χ4n) is 3.00. The molecule has 0 radical (unpaired) electrons. The smallest absolute Gasteiger partial charge is 0.396 e. The third-order valence-corrected chi connectivity index (χ3v) is 5.08. The summed E-state index contributed by atoms with van der Waals surface area (Å²) in [6, 6.07) is 18.5. The third kappa shape index (κ3) is 3.41. The predicted octanol–water partition coefficient (Wildman–Crippen LogP) is 5.36. The molecule has 4 nitrogen and oxygen atoms in total. The molecule has 0 aliphatic carbocycles. The molecule has 3 aromatic carbocycles. The summed E-state index contributed by atoms with van der Waals surface area (Å²) in [5.74, 6) is -0.0530. The van der Waals surface area contributed by atoms with Gasteiger partial charge in [0.1, 0.15) is 5.75 Å². The molecule has 134 valence electrons. The molecule has 0 aliphatic heterocycles. The second-order valence-electron chi connectivity index (χ2n) is 6.33. The van der Waals surface area contributed by atoms with Crippen LogP contribution in [-0.4, -0.2) is 5.97 Å². The van der Waals surface area contributed by atoms with Gasteiger partial charge in [0.25, 0.3) is 0 Å². The van der Waals surface area contributed by atoms with Gasteiger partial charge in [0, 0.05) is 11.6 Å². The van der Waals surface area contributed by atoms with E-state index in [2.05, 4.69) is 0 Å². The molecule has 0 bridgehead atoms. The minimum absolute atomic E-state index is 0.379. The molecule has 0 saturated carbocycles. The van der Waals surface area contributed by atoms with E-state index in [0.29, 0.717) is 21.6 Å². The Morgan fingerprint density at radius 1 is 1.00 bits per heavy atom. The van der Waals surface area contributed by atoms with Crippen molar-refractivity contribution in [2.75, 3.05) is 0 Å². The Balaban J connectivity index is 1.81. The number of hydrogen-bond donors (Lipinski definition) is 0. The van der Waals surface area contributed by atoms with E-state index in [0.717, 1.165) is 33.6 Å². The van der Waals surface area contributed by atoms with Crippen molar-refractivity contribution in [1.29, 1.82) is 0 Å². The van der Waals surface area contributed by atoms with E-state index >= 15 is 0 Å². The highest BCUT2D eigenvalue weighted by Crippen LogP contribution is 2.35. The SMILES string of the molecule is Cc1cccc(-c2cc(OC(=O)c3ccccc3C)cc3sc(=O)oc23)c1. The van der Waals surface area contributed by atoms with Crippen molar-refractivity contribution in [3.8, 4) is 16.9 Å². The molecule has 0 aliphatic rings. The Labute approximate surface area is 159 Å². The summed E-state index contributed by atoms with van der Waals surface area (Å²) < 4.78 is 11.6. The van der Waals surface area contributed by atoms with Crippen molar-refractivity contribution < 1.29 is 13.9 Å². The van der Waals surface area contributed by atoms with Gasteiger partial charge in [0.15, 0.2) is 5.58 Å². The Hall–Kier alpha value is -3.18. The molecule has 0 fully saturated rings. The predicted molar refractivity (Wildman–Crippen MR) is 107 cm³/mol.